The Morgan fingerprint density at radius 1 is 1.41 bits per heavy atom. The minimum atomic E-state index is 0.830. The summed E-state index contributed by atoms with van der Waals surface area (Å²) in [5.74, 6) is 0. The third-order valence-electron chi connectivity index (χ3n) is 2.51. The zero-order valence-corrected chi connectivity index (χ0v) is 11.0. The quantitative estimate of drug-likeness (QED) is 0.798. The molecule has 88 valence electrons. The molecular weight excluding hydrogens is 252 g/mol. The van der Waals surface area contributed by atoms with Gasteiger partial charge in [-0.05, 0) is 19.1 Å². The third-order valence-corrected chi connectivity index (χ3v) is 4.48. The van der Waals surface area contributed by atoms with Crippen molar-refractivity contribution in [2.45, 2.75) is 11.3 Å². The molecule has 0 atom stereocenters. The van der Waals surface area contributed by atoms with Crippen LogP contribution in [0.15, 0.2) is 33.7 Å². The van der Waals surface area contributed by atoms with Crippen molar-refractivity contribution in [3.8, 4) is 0 Å². The van der Waals surface area contributed by atoms with Crippen LogP contribution < -0.4 is 0 Å². The third kappa shape index (κ3) is 2.23. The van der Waals surface area contributed by atoms with Gasteiger partial charge in [0.2, 0.25) is 0 Å². The molecule has 0 fully saturated rings. The molecule has 0 radical (unpaired) electrons. The molecule has 0 amide bonds. The van der Waals surface area contributed by atoms with Crippen molar-refractivity contribution in [1.29, 1.82) is 0 Å². The molecule has 0 unspecified atom stereocenters. The summed E-state index contributed by atoms with van der Waals surface area (Å²) in [6.45, 7) is 3.94. The average Bonchev–Trinajstić information content (AvgIpc) is 2.94. The van der Waals surface area contributed by atoms with Crippen LogP contribution in [0.5, 0.6) is 0 Å². The zero-order valence-electron chi connectivity index (χ0n) is 9.41. The number of nitrogens with zero attached hydrogens (tertiary/aromatic N) is 4. The molecule has 1 aromatic carbocycles. The highest BCUT2D eigenvalue weighted by Crippen LogP contribution is 2.32. The molecule has 4 nitrogen and oxygen atoms in total. The Balaban J connectivity index is 1.75. The predicted molar refractivity (Wildman–Crippen MR) is 73.1 cm³/mol. The van der Waals surface area contributed by atoms with Crippen molar-refractivity contribution in [2.24, 2.45) is 5.10 Å². The zero-order chi connectivity index (χ0) is 11.7. The summed E-state index contributed by atoms with van der Waals surface area (Å²) in [5, 5.41) is 4.32. The Morgan fingerprint density at radius 2 is 2.29 bits per heavy atom. The molecule has 1 aliphatic heterocycles. The molecule has 1 aliphatic rings. The van der Waals surface area contributed by atoms with Crippen molar-refractivity contribution in [2.75, 3.05) is 13.2 Å². The van der Waals surface area contributed by atoms with Gasteiger partial charge in [-0.2, -0.15) is 5.10 Å². The molecule has 0 aliphatic carbocycles. The summed E-state index contributed by atoms with van der Waals surface area (Å²) in [6, 6.07) is 8.20. The van der Waals surface area contributed by atoms with E-state index >= 15 is 0 Å². The summed E-state index contributed by atoms with van der Waals surface area (Å²) in [7, 11) is 0. The van der Waals surface area contributed by atoms with Gasteiger partial charge in [0.15, 0.2) is 4.34 Å². The van der Waals surface area contributed by atoms with E-state index in [1.807, 2.05) is 29.0 Å². The largest absolute Gasteiger partial charge is 0.341 e. The summed E-state index contributed by atoms with van der Waals surface area (Å²) in [5.41, 5.74) is 1.07. The molecule has 0 bridgehead atoms. The number of hydrazone groups is 1. The van der Waals surface area contributed by atoms with Crippen molar-refractivity contribution < 1.29 is 0 Å². The highest BCUT2D eigenvalue weighted by atomic mass is 32.2. The van der Waals surface area contributed by atoms with Crippen LogP contribution in [-0.4, -0.2) is 33.9 Å². The highest BCUT2D eigenvalue weighted by Gasteiger charge is 2.15. The molecule has 0 N–H and O–H groups in total. The lowest BCUT2D eigenvalue weighted by molar-refractivity contribution is 0.370. The lowest BCUT2D eigenvalue weighted by atomic mass is 10.3. The first-order valence-electron chi connectivity index (χ1n) is 5.44. The molecule has 3 rings (SSSR count). The first-order valence-corrected chi connectivity index (χ1v) is 7.03. The van der Waals surface area contributed by atoms with Gasteiger partial charge in [-0.3, -0.25) is 0 Å². The van der Waals surface area contributed by atoms with Gasteiger partial charge in [-0.15, -0.1) is 11.3 Å². The smallest absolute Gasteiger partial charge is 0.173 e. The van der Waals surface area contributed by atoms with Crippen molar-refractivity contribution in [1.82, 2.24) is 14.3 Å². The van der Waals surface area contributed by atoms with Crippen LogP contribution in [0.2, 0.25) is 0 Å². The van der Waals surface area contributed by atoms with Crippen LogP contribution in [-0.2, 0) is 0 Å². The molecule has 2 aromatic rings. The van der Waals surface area contributed by atoms with E-state index in [2.05, 4.69) is 28.0 Å². The normalized spacial score (nSPS) is 15.1. The Morgan fingerprint density at radius 3 is 3.06 bits per heavy atom. The van der Waals surface area contributed by atoms with Crippen molar-refractivity contribution in [3.05, 3.63) is 24.3 Å². The highest BCUT2D eigenvalue weighted by molar-refractivity contribution is 7.98. The fourth-order valence-corrected chi connectivity index (χ4v) is 3.56. The summed E-state index contributed by atoms with van der Waals surface area (Å²) >= 11 is 3.31. The number of thiazole rings is 1. The number of hydrogen-bond acceptors (Lipinski definition) is 6. The maximum absolute atomic E-state index is 4.57. The van der Waals surface area contributed by atoms with Crippen LogP contribution in [0.4, 0.5) is 0 Å². The Hall–Kier alpha value is -1.27. The van der Waals surface area contributed by atoms with E-state index in [1.54, 1.807) is 23.3 Å². The van der Waals surface area contributed by atoms with Gasteiger partial charge >= 0.3 is 0 Å². The second-order valence-electron chi connectivity index (χ2n) is 3.67. The molecule has 0 spiro atoms. The van der Waals surface area contributed by atoms with E-state index in [1.165, 1.54) is 4.70 Å². The summed E-state index contributed by atoms with van der Waals surface area (Å²) in [6.07, 6.45) is 1.88. The van der Waals surface area contributed by atoms with Gasteiger partial charge in [-0.25, -0.2) is 9.40 Å². The van der Waals surface area contributed by atoms with E-state index in [0.29, 0.717) is 0 Å². The second kappa shape index (κ2) is 4.54. The standard InChI is InChI=1S/C11H12N4S2/c1-2-14-7-12-15(8-14)17-11-13-9-5-3-4-6-10(9)16-11/h3-7H,2,8H2,1H3. The molecule has 17 heavy (non-hydrogen) atoms. The van der Waals surface area contributed by atoms with Gasteiger partial charge < -0.3 is 4.90 Å². The van der Waals surface area contributed by atoms with Crippen LogP contribution in [0.3, 0.4) is 0 Å². The average molecular weight is 264 g/mol. The van der Waals surface area contributed by atoms with E-state index < -0.39 is 0 Å². The molecule has 6 heteroatoms. The molecule has 2 heterocycles. The minimum absolute atomic E-state index is 0.830. The van der Waals surface area contributed by atoms with Crippen LogP contribution in [0.1, 0.15) is 6.92 Å². The fraction of sp³-hybridized carbons (Fsp3) is 0.273. The van der Waals surface area contributed by atoms with Gasteiger partial charge in [0.05, 0.1) is 10.2 Å². The van der Waals surface area contributed by atoms with E-state index in [-0.39, 0.29) is 0 Å². The monoisotopic (exact) mass is 264 g/mol. The molecular formula is C11H12N4S2. The van der Waals surface area contributed by atoms with Gasteiger partial charge in [0.25, 0.3) is 0 Å². The van der Waals surface area contributed by atoms with Crippen molar-refractivity contribution >= 4 is 39.8 Å². The SMILES string of the molecule is CCN1C=NN(Sc2nc3ccccc3s2)C1. The van der Waals surface area contributed by atoms with E-state index in [9.17, 15) is 0 Å². The lowest BCUT2D eigenvalue weighted by Crippen LogP contribution is -2.22. The Labute approximate surface area is 108 Å². The topological polar surface area (TPSA) is 31.7 Å². The Kier molecular flexibility index (Phi) is 2.90. The van der Waals surface area contributed by atoms with Gasteiger partial charge in [0.1, 0.15) is 13.0 Å². The summed E-state index contributed by atoms with van der Waals surface area (Å²) in [4.78, 5) is 6.73. The maximum atomic E-state index is 4.57. The van der Waals surface area contributed by atoms with E-state index in [4.69, 9.17) is 0 Å². The summed E-state index contributed by atoms with van der Waals surface area (Å²) < 4.78 is 4.23. The van der Waals surface area contributed by atoms with Crippen LogP contribution in [0, 0.1) is 0 Å². The molecule has 1 aromatic heterocycles. The maximum Gasteiger partial charge on any atom is 0.173 e. The second-order valence-corrected chi connectivity index (χ2v) is 5.95. The number of rotatable bonds is 3. The van der Waals surface area contributed by atoms with Gasteiger partial charge in [0, 0.05) is 18.5 Å². The number of benzene rings is 1. The van der Waals surface area contributed by atoms with E-state index in [0.717, 1.165) is 23.1 Å². The fourth-order valence-electron chi connectivity index (χ4n) is 1.57. The minimum Gasteiger partial charge on any atom is -0.341 e. The first-order chi connectivity index (χ1) is 8.35. The van der Waals surface area contributed by atoms with Crippen LogP contribution in [0.25, 0.3) is 10.2 Å². The number of para-hydroxylation sites is 1. The number of aromatic nitrogens is 1. The molecule has 0 saturated heterocycles. The predicted octanol–water partition coefficient (Wildman–Crippen LogP) is 2.84. The lowest BCUT2D eigenvalue weighted by Gasteiger charge is -2.14. The number of fused-ring (bicyclic) bond motifs is 1. The van der Waals surface area contributed by atoms with Crippen molar-refractivity contribution in [3.63, 3.8) is 0 Å². The number of hydrogen-bond donors (Lipinski definition) is 0. The van der Waals surface area contributed by atoms with Crippen LogP contribution >= 0.6 is 23.3 Å². The Bertz CT molecular complexity index is 518. The molecule has 0 saturated carbocycles. The van der Waals surface area contributed by atoms with Gasteiger partial charge in [-0.1, -0.05) is 12.1 Å². The first kappa shape index (κ1) is 10.9.